The summed E-state index contributed by atoms with van der Waals surface area (Å²) in [6.07, 6.45) is 0. The molecule has 1 N–H and O–H groups in total. The van der Waals surface area contributed by atoms with E-state index in [4.69, 9.17) is 9.15 Å². The van der Waals surface area contributed by atoms with Crippen LogP contribution in [0.1, 0.15) is 19.6 Å². The van der Waals surface area contributed by atoms with E-state index in [1.165, 1.54) is 20.2 Å². The second kappa shape index (κ2) is 6.87. The number of hydrogen-bond donors (Lipinski definition) is 1. The number of nitrogens with one attached hydrogen (secondary N) is 1. The van der Waals surface area contributed by atoms with Gasteiger partial charge in [0.15, 0.2) is 0 Å². The lowest BCUT2D eigenvalue weighted by Crippen LogP contribution is -2.34. The highest BCUT2D eigenvalue weighted by Crippen LogP contribution is 2.16. The SMILES string of the molecule is CCOC(=O)C(C)NCc1ccc(S(=O)(=O)N(C)C)o1. The van der Waals surface area contributed by atoms with Crippen molar-refractivity contribution in [3.05, 3.63) is 17.9 Å². The number of furan rings is 1. The van der Waals surface area contributed by atoms with Gasteiger partial charge in [-0.25, -0.2) is 12.7 Å². The maximum atomic E-state index is 11.8. The summed E-state index contributed by atoms with van der Waals surface area (Å²) in [5.74, 6) is 0.0711. The molecule has 1 atom stereocenters. The fourth-order valence-electron chi connectivity index (χ4n) is 1.38. The van der Waals surface area contributed by atoms with E-state index in [1.807, 2.05) is 0 Å². The number of sulfonamides is 1. The molecule has 0 fully saturated rings. The summed E-state index contributed by atoms with van der Waals surface area (Å²) in [6.45, 7) is 3.95. The molecule has 0 aliphatic rings. The van der Waals surface area contributed by atoms with Gasteiger partial charge in [-0.15, -0.1) is 0 Å². The van der Waals surface area contributed by atoms with E-state index in [1.54, 1.807) is 19.9 Å². The van der Waals surface area contributed by atoms with Crippen LogP contribution in [0.4, 0.5) is 0 Å². The third kappa shape index (κ3) is 4.06. The standard InChI is InChI=1S/C12H20N2O5S/c1-5-18-12(15)9(2)13-8-10-6-7-11(19-10)20(16,17)14(3)4/h6-7,9,13H,5,8H2,1-4H3. The molecule has 1 unspecified atom stereocenters. The minimum Gasteiger partial charge on any atom is -0.465 e. The summed E-state index contributed by atoms with van der Waals surface area (Å²) in [4.78, 5) is 11.4. The van der Waals surface area contributed by atoms with Crippen LogP contribution in [0.2, 0.25) is 0 Å². The summed E-state index contributed by atoms with van der Waals surface area (Å²) in [6, 6.07) is 2.46. The van der Waals surface area contributed by atoms with Gasteiger partial charge in [0.25, 0.3) is 10.0 Å². The van der Waals surface area contributed by atoms with E-state index in [9.17, 15) is 13.2 Å². The first kappa shape index (κ1) is 16.7. The molecule has 20 heavy (non-hydrogen) atoms. The average Bonchev–Trinajstić information content (AvgIpc) is 2.85. The number of nitrogens with zero attached hydrogens (tertiary/aromatic N) is 1. The van der Waals surface area contributed by atoms with Crippen LogP contribution in [-0.4, -0.2) is 45.4 Å². The second-order valence-corrected chi connectivity index (χ2v) is 6.45. The van der Waals surface area contributed by atoms with Crippen LogP contribution in [0.3, 0.4) is 0 Å². The van der Waals surface area contributed by atoms with E-state index in [2.05, 4.69) is 5.32 Å². The fourth-order valence-corrected chi connectivity index (χ4v) is 2.19. The van der Waals surface area contributed by atoms with Crippen molar-refractivity contribution in [2.75, 3.05) is 20.7 Å². The van der Waals surface area contributed by atoms with Gasteiger partial charge >= 0.3 is 5.97 Å². The molecule has 0 bridgehead atoms. The fraction of sp³-hybridized carbons (Fsp3) is 0.583. The van der Waals surface area contributed by atoms with Crippen molar-refractivity contribution in [2.24, 2.45) is 0 Å². The lowest BCUT2D eigenvalue weighted by Gasteiger charge is -2.11. The summed E-state index contributed by atoms with van der Waals surface area (Å²) in [5, 5.41) is 2.78. The Morgan fingerprint density at radius 3 is 2.65 bits per heavy atom. The highest BCUT2D eigenvalue weighted by molar-refractivity contribution is 7.88. The number of esters is 1. The highest BCUT2D eigenvalue weighted by Gasteiger charge is 2.22. The Morgan fingerprint density at radius 1 is 1.45 bits per heavy atom. The molecular weight excluding hydrogens is 284 g/mol. The first-order valence-corrected chi connectivity index (χ1v) is 7.64. The molecule has 0 aliphatic carbocycles. The zero-order chi connectivity index (χ0) is 15.3. The number of ether oxygens (including phenoxy) is 1. The van der Waals surface area contributed by atoms with E-state index in [0.29, 0.717) is 12.4 Å². The zero-order valence-electron chi connectivity index (χ0n) is 12.0. The minimum absolute atomic E-state index is 0.122. The van der Waals surface area contributed by atoms with Gasteiger partial charge in [0.1, 0.15) is 11.8 Å². The van der Waals surface area contributed by atoms with E-state index >= 15 is 0 Å². The van der Waals surface area contributed by atoms with Crippen molar-refractivity contribution in [3.63, 3.8) is 0 Å². The van der Waals surface area contributed by atoms with Crippen LogP contribution < -0.4 is 5.32 Å². The van der Waals surface area contributed by atoms with Crippen LogP contribution in [0.15, 0.2) is 21.6 Å². The van der Waals surface area contributed by atoms with Crippen molar-refractivity contribution in [1.82, 2.24) is 9.62 Å². The van der Waals surface area contributed by atoms with Gasteiger partial charge in [0.05, 0.1) is 13.2 Å². The predicted octanol–water partition coefficient (Wildman–Crippen LogP) is 0.571. The highest BCUT2D eigenvalue weighted by atomic mass is 32.2. The molecule has 0 spiro atoms. The van der Waals surface area contributed by atoms with Crippen molar-refractivity contribution in [3.8, 4) is 0 Å². The Labute approximate surface area is 118 Å². The summed E-state index contributed by atoms with van der Waals surface area (Å²) < 4.78 is 34.8. The van der Waals surface area contributed by atoms with Crippen LogP contribution in [-0.2, 0) is 26.1 Å². The number of rotatable bonds is 7. The first-order valence-electron chi connectivity index (χ1n) is 6.20. The molecule has 1 aromatic rings. The Kier molecular flexibility index (Phi) is 5.73. The van der Waals surface area contributed by atoms with Gasteiger partial charge in [-0.2, -0.15) is 0 Å². The van der Waals surface area contributed by atoms with Gasteiger partial charge in [-0.05, 0) is 26.0 Å². The topological polar surface area (TPSA) is 88.8 Å². The van der Waals surface area contributed by atoms with Gasteiger partial charge in [-0.1, -0.05) is 0 Å². The smallest absolute Gasteiger partial charge is 0.322 e. The maximum Gasteiger partial charge on any atom is 0.322 e. The third-order valence-electron chi connectivity index (χ3n) is 2.59. The zero-order valence-corrected chi connectivity index (χ0v) is 12.9. The Balaban J connectivity index is 2.64. The van der Waals surface area contributed by atoms with Crippen LogP contribution in [0, 0.1) is 0 Å². The lowest BCUT2D eigenvalue weighted by molar-refractivity contribution is -0.145. The van der Waals surface area contributed by atoms with Crippen molar-refractivity contribution in [2.45, 2.75) is 31.5 Å². The Bertz CT molecular complexity index is 550. The van der Waals surface area contributed by atoms with Gasteiger partial charge in [-0.3, -0.25) is 10.1 Å². The molecule has 1 heterocycles. The molecule has 0 saturated carbocycles. The van der Waals surface area contributed by atoms with Crippen molar-refractivity contribution < 1.29 is 22.4 Å². The van der Waals surface area contributed by atoms with E-state index in [0.717, 1.165) is 4.31 Å². The van der Waals surface area contributed by atoms with E-state index in [-0.39, 0.29) is 17.6 Å². The van der Waals surface area contributed by atoms with Crippen molar-refractivity contribution >= 4 is 16.0 Å². The number of carbonyl (C=O) groups is 1. The average molecular weight is 304 g/mol. The molecule has 0 amide bonds. The molecule has 1 rings (SSSR count). The third-order valence-corrected chi connectivity index (χ3v) is 4.28. The molecule has 1 aromatic heterocycles. The normalized spacial score (nSPS) is 13.4. The molecule has 0 aromatic carbocycles. The van der Waals surface area contributed by atoms with Gasteiger partial charge in [0, 0.05) is 14.1 Å². The van der Waals surface area contributed by atoms with E-state index < -0.39 is 16.1 Å². The molecule has 0 aliphatic heterocycles. The molecule has 0 saturated heterocycles. The monoisotopic (exact) mass is 304 g/mol. The summed E-state index contributed by atoms with van der Waals surface area (Å²) in [7, 11) is -0.714. The summed E-state index contributed by atoms with van der Waals surface area (Å²) >= 11 is 0. The molecule has 7 nitrogen and oxygen atoms in total. The van der Waals surface area contributed by atoms with Gasteiger partial charge in [0.2, 0.25) is 5.09 Å². The minimum atomic E-state index is -3.57. The molecular formula is C12H20N2O5S. The summed E-state index contributed by atoms with van der Waals surface area (Å²) in [5.41, 5.74) is 0. The van der Waals surface area contributed by atoms with Crippen LogP contribution >= 0.6 is 0 Å². The van der Waals surface area contributed by atoms with Crippen LogP contribution in [0.5, 0.6) is 0 Å². The van der Waals surface area contributed by atoms with Crippen LogP contribution in [0.25, 0.3) is 0 Å². The second-order valence-electron chi connectivity index (χ2n) is 4.36. The molecule has 8 heteroatoms. The van der Waals surface area contributed by atoms with Crippen molar-refractivity contribution in [1.29, 1.82) is 0 Å². The lowest BCUT2D eigenvalue weighted by atomic mass is 10.3. The Hall–Kier alpha value is -1.38. The predicted molar refractivity (Wildman–Crippen MR) is 72.5 cm³/mol. The largest absolute Gasteiger partial charge is 0.465 e. The Morgan fingerprint density at radius 2 is 2.10 bits per heavy atom. The van der Waals surface area contributed by atoms with Gasteiger partial charge < -0.3 is 9.15 Å². The number of carbonyl (C=O) groups excluding carboxylic acids is 1. The molecule has 0 radical (unpaired) electrons. The quantitative estimate of drug-likeness (QED) is 0.741. The first-order chi connectivity index (χ1) is 9.28. The number of hydrogen-bond acceptors (Lipinski definition) is 6. The maximum absolute atomic E-state index is 11.8. The molecule has 114 valence electrons.